The molecule has 4 nitrogen and oxygen atoms in total. The fourth-order valence-corrected chi connectivity index (χ4v) is 5.15. The number of hydrogen-bond acceptors (Lipinski definition) is 2. The van der Waals surface area contributed by atoms with Crippen LogP contribution in [0.15, 0.2) is 73.1 Å². The Morgan fingerprint density at radius 2 is 1.32 bits per heavy atom. The van der Waals surface area contributed by atoms with Gasteiger partial charge in [0.2, 0.25) is 5.91 Å². The predicted octanol–water partition coefficient (Wildman–Crippen LogP) is 9.20. The van der Waals surface area contributed by atoms with Crippen molar-refractivity contribution in [3.05, 3.63) is 90.0 Å². The SMILES string of the molecule is CCCCCCCCCCCCCCCCOc1c(F)cccc1CC(=O)Nc1ccc(C[n+]2ccccc2)cc1. The van der Waals surface area contributed by atoms with Crippen molar-refractivity contribution in [1.29, 1.82) is 0 Å². The van der Waals surface area contributed by atoms with E-state index in [2.05, 4.69) is 16.8 Å². The Labute approximate surface area is 247 Å². The van der Waals surface area contributed by atoms with Crippen LogP contribution in [0.5, 0.6) is 5.75 Å². The summed E-state index contributed by atoms with van der Waals surface area (Å²) in [7, 11) is 0. The molecule has 0 fully saturated rings. The number of aromatic nitrogens is 1. The van der Waals surface area contributed by atoms with Crippen LogP contribution in [0.3, 0.4) is 0 Å². The number of para-hydroxylation sites is 1. The fourth-order valence-electron chi connectivity index (χ4n) is 5.15. The number of carbonyl (C=O) groups excluding carboxylic acids is 1. The van der Waals surface area contributed by atoms with E-state index in [1.54, 1.807) is 12.1 Å². The smallest absolute Gasteiger partial charge is 0.228 e. The van der Waals surface area contributed by atoms with Gasteiger partial charge in [0.05, 0.1) is 13.0 Å². The normalized spacial score (nSPS) is 11.0. The Kier molecular flexibility index (Phi) is 15.6. The van der Waals surface area contributed by atoms with Gasteiger partial charge in [0, 0.05) is 28.9 Å². The van der Waals surface area contributed by atoms with E-state index in [9.17, 15) is 9.18 Å². The van der Waals surface area contributed by atoms with Gasteiger partial charge >= 0.3 is 0 Å². The summed E-state index contributed by atoms with van der Waals surface area (Å²) in [6.07, 6.45) is 22.2. The number of halogens is 1. The van der Waals surface area contributed by atoms with Crippen LogP contribution in [0, 0.1) is 5.82 Å². The first-order chi connectivity index (χ1) is 20.2. The molecule has 1 aromatic heterocycles. The Balaban J connectivity index is 1.30. The Bertz CT molecular complexity index is 1120. The van der Waals surface area contributed by atoms with Gasteiger partial charge in [-0.2, -0.15) is 0 Å². The molecule has 3 aromatic rings. The molecular weight excluding hydrogens is 511 g/mol. The van der Waals surface area contributed by atoms with Gasteiger partial charge in [0.25, 0.3) is 0 Å². The van der Waals surface area contributed by atoms with Crippen molar-refractivity contribution in [1.82, 2.24) is 0 Å². The Hall–Kier alpha value is -3.21. The lowest BCUT2D eigenvalue weighted by molar-refractivity contribution is -0.688. The molecule has 0 radical (unpaired) electrons. The van der Waals surface area contributed by atoms with Crippen LogP contribution in [0.2, 0.25) is 0 Å². The average Bonchev–Trinajstić information content (AvgIpc) is 2.98. The molecule has 1 amide bonds. The molecule has 1 heterocycles. The summed E-state index contributed by atoms with van der Waals surface area (Å²) < 4.78 is 22.5. The Morgan fingerprint density at radius 3 is 1.93 bits per heavy atom. The zero-order valence-corrected chi connectivity index (χ0v) is 25.1. The molecule has 0 aliphatic carbocycles. The quantitative estimate of drug-likeness (QED) is 0.104. The first-order valence-corrected chi connectivity index (χ1v) is 15.9. The van der Waals surface area contributed by atoms with E-state index in [1.165, 1.54) is 83.1 Å². The van der Waals surface area contributed by atoms with Gasteiger partial charge < -0.3 is 10.1 Å². The number of rotatable bonds is 21. The van der Waals surface area contributed by atoms with E-state index in [0.717, 1.165) is 30.6 Å². The molecular formula is C36H50FN2O2+. The molecule has 0 saturated carbocycles. The van der Waals surface area contributed by atoms with E-state index < -0.39 is 5.82 Å². The van der Waals surface area contributed by atoms with Crippen molar-refractivity contribution < 1.29 is 18.5 Å². The summed E-state index contributed by atoms with van der Waals surface area (Å²) in [6.45, 7) is 3.50. The lowest BCUT2D eigenvalue weighted by atomic mass is 10.0. The van der Waals surface area contributed by atoms with Crippen molar-refractivity contribution in [2.45, 2.75) is 110 Å². The highest BCUT2D eigenvalue weighted by molar-refractivity contribution is 5.92. The first kappa shape index (κ1) is 32.3. The number of nitrogens with one attached hydrogen (secondary N) is 1. The van der Waals surface area contributed by atoms with Crippen molar-refractivity contribution >= 4 is 11.6 Å². The second-order valence-corrected chi connectivity index (χ2v) is 11.1. The molecule has 0 bridgehead atoms. The monoisotopic (exact) mass is 561 g/mol. The molecule has 222 valence electrons. The number of unbranched alkanes of at least 4 members (excludes halogenated alkanes) is 13. The molecule has 1 N–H and O–H groups in total. The third-order valence-electron chi connectivity index (χ3n) is 7.52. The van der Waals surface area contributed by atoms with Gasteiger partial charge in [0.15, 0.2) is 30.5 Å². The van der Waals surface area contributed by atoms with E-state index in [-0.39, 0.29) is 18.1 Å². The maximum Gasteiger partial charge on any atom is 0.228 e. The third kappa shape index (κ3) is 13.3. The van der Waals surface area contributed by atoms with Crippen LogP contribution >= 0.6 is 0 Å². The number of carbonyl (C=O) groups is 1. The molecule has 0 aliphatic heterocycles. The molecule has 41 heavy (non-hydrogen) atoms. The van der Waals surface area contributed by atoms with Crippen LogP contribution in [-0.4, -0.2) is 12.5 Å². The molecule has 5 heteroatoms. The van der Waals surface area contributed by atoms with E-state index >= 15 is 0 Å². The summed E-state index contributed by atoms with van der Waals surface area (Å²) >= 11 is 0. The molecule has 0 saturated heterocycles. The average molecular weight is 562 g/mol. The highest BCUT2D eigenvalue weighted by Crippen LogP contribution is 2.24. The second-order valence-electron chi connectivity index (χ2n) is 11.1. The lowest BCUT2D eigenvalue weighted by Crippen LogP contribution is -2.32. The highest BCUT2D eigenvalue weighted by atomic mass is 19.1. The van der Waals surface area contributed by atoms with E-state index in [0.29, 0.717) is 12.2 Å². The van der Waals surface area contributed by atoms with Gasteiger partial charge in [-0.3, -0.25) is 4.79 Å². The largest absolute Gasteiger partial charge is 0.490 e. The van der Waals surface area contributed by atoms with Crippen LogP contribution in [0.1, 0.15) is 108 Å². The number of ether oxygens (including phenoxy) is 1. The maximum absolute atomic E-state index is 14.6. The second kappa shape index (κ2) is 19.8. The molecule has 3 rings (SSSR count). The summed E-state index contributed by atoms with van der Waals surface area (Å²) in [6, 6.07) is 18.6. The van der Waals surface area contributed by atoms with Gasteiger partial charge in [-0.25, -0.2) is 8.96 Å². The number of pyridine rings is 1. The highest BCUT2D eigenvalue weighted by Gasteiger charge is 2.14. The Morgan fingerprint density at radius 1 is 0.732 bits per heavy atom. The minimum atomic E-state index is -0.413. The van der Waals surface area contributed by atoms with Crippen LogP contribution < -0.4 is 14.6 Å². The zero-order valence-electron chi connectivity index (χ0n) is 25.1. The number of hydrogen-bond donors (Lipinski definition) is 1. The van der Waals surface area contributed by atoms with Gasteiger partial charge in [0.1, 0.15) is 0 Å². The lowest BCUT2D eigenvalue weighted by Gasteiger charge is -2.13. The standard InChI is InChI=1S/C36H49FN2O2/c1-2-3-4-5-6-7-8-9-10-11-12-13-14-18-28-41-36-32(20-19-21-34(36)37)29-35(40)38-33-24-22-31(23-25-33)30-39-26-16-15-17-27-39/h15-17,19-27H,2-14,18,28-30H2,1H3/p+1. The number of nitrogens with zero attached hydrogens (tertiary/aromatic N) is 1. The molecule has 0 atom stereocenters. The van der Waals surface area contributed by atoms with Gasteiger partial charge in [-0.15, -0.1) is 0 Å². The van der Waals surface area contributed by atoms with Crippen molar-refractivity contribution in [2.24, 2.45) is 0 Å². The van der Waals surface area contributed by atoms with Crippen LogP contribution in [0.25, 0.3) is 0 Å². The van der Waals surface area contributed by atoms with E-state index in [4.69, 9.17) is 4.74 Å². The van der Waals surface area contributed by atoms with Gasteiger partial charge in [-0.1, -0.05) is 121 Å². The van der Waals surface area contributed by atoms with Crippen molar-refractivity contribution in [3.63, 3.8) is 0 Å². The van der Waals surface area contributed by atoms with Crippen molar-refractivity contribution in [2.75, 3.05) is 11.9 Å². The number of amides is 1. The van der Waals surface area contributed by atoms with Gasteiger partial charge in [-0.05, 0) is 24.6 Å². The zero-order chi connectivity index (χ0) is 29.0. The topological polar surface area (TPSA) is 42.2 Å². The molecule has 0 unspecified atom stereocenters. The predicted molar refractivity (Wildman–Crippen MR) is 167 cm³/mol. The summed E-state index contributed by atoms with van der Waals surface area (Å²) in [5, 5.41) is 2.93. The van der Waals surface area contributed by atoms with Crippen molar-refractivity contribution in [3.8, 4) is 5.75 Å². The maximum atomic E-state index is 14.6. The molecule has 0 aliphatic rings. The number of anilines is 1. The van der Waals surface area contributed by atoms with Crippen LogP contribution in [0.4, 0.5) is 10.1 Å². The minimum Gasteiger partial charge on any atom is -0.490 e. The van der Waals surface area contributed by atoms with Crippen LogP contribution in [-0.2, 0) is 17.8 Å². The molecule has 2 aromatic carbocycles. The molecule has 0 spiro atoms. The number of benzene rings is 2. The van der Waals surface area contributed by atoms with E-state index in [1.807, 2.05) is 54.9 Å². The summed E-state index contributed by atoms with van der Waals surface area (Å²) in [5.74, 6) is -0.405. The third-order valence-corrected chi connectivity index (χ3v) is 7.52. The fraction of sp³-hybridized carbons (Fsp3) is 0.500. The minimum absolute atomic E-state index is 0.0629. The summed E-state index contributed by atoms with van der Waals surface area (Å²) in [5.41, 5.74) is 2.44. The summed E-state index contributed by atoms with van der Waals surface area (Å²) in [4.78, 5) is 12.7. The first-order valence-electron chi connectivity index (χ1n) is 15.9.